The van der Waals surface area contributed by atoms with Crippen molar-refractivity contribution in [2.45, 2.75) is 52.6 Å². The van der Waals surface area contributed by atoms with E-state index < -0.39 is 5.60 Å². The molecule has 0 bridgehead atoms. The minimum atomic E-state index is -0.693. The summed E-state index contributed by atoms with van der Waals surface area (Å²) in [5.74, 6) is 3.82. The third-order valence-electron chi connectivity index (χ3n) is 3.24. The van der Waals surface area contributed by atoms with E-state index in [0.29, 0.717) is 0 Å². The second-order valence-electron chi connectivity index (χ2n) is 5.17. The Morgan fingerprint density at radius 2 is 1.89 bits per heavy atom. The molecule has 0 radical (unpaired) electrons. The monoisotopic (exact) mass is 256 g/mol. The van der Waals surface area contributed by atoms with Crippen molar-refractivity contribution in [3.63, 3.8) is 0 Å². The van der Waals surface area contributed by atoms with Gasteiger partial charge in [-0.05, 0) is 32.8 Å². The van der Waals surface area contributed by atoms with Crippen LogP contribution < -0.4 is 0 Å². The molecule has 0 aliphatic rings. The maximum absolute atomic E-state index is 6.18. The molecule has 0 aromatic heterocycles. The quantitative estimate of drug-likeness (QED) is 0.512. The van der Waals surface area contributed by atoms with Crippen molar-refractivity contribution in [3.8, 4) is 12.3 Å². The zero-order valence-electron chi connectivity index (χ0n) is 12.5. The Balaban J connectivity index is 2.98. The number of hydrogen-bond acceptors (Lipinski definition) is 1. The van der Waals surface area contributed by atoms with E-state index in [2.05, 4.69) is 26.7 Å². The van der Waals surface area contributed by atoms with Gasteiger partial charge in [0.05, 0.1) is 5.76 Å². The van der Waals surface area contributed by atoms with Gasteiger partial charge in [-0.3, -0.25) is 0 Å². The summed E-state index contributed by atoms with van der Waals surface area (Å²) in [6.07, 6.45) is 8.94. The van der Waals surface area contributed by atoms with Gasteiger partial charge in [0.25, 0.3) is 0 Å². The number of terminal acetylenes is 1. The van der Waals surface area contributed by atoms with Crippen molar-refractivity contribution >= 4 is 0 Å². The summed E-state index contributed by atoms with van der Waals surface area (Å²) in [6, 6.07) is 10.00. The van der Waals surface area contributed by atoms with Gasteiger partial charge in [-0.15, -0.1) is 6.42 Å². The molecule has 0 heterocycles. The van der Waals surface area contributed by atoms with Gasteiger partial charge in [0.1, 0.15) is 0 Å². The highest BCUT2D eigenvalue weighted by atomic mass is 16.5. The molecule has 0 fully saturated rings. The Kier molecular flexibility index (Phi) is 5.70. The zero-order chi connectivity index (χ0) is 14.3. The first-order valence-corrected chi connectivity index (χ1v) is 6.92. The zero-order valence-corrected chi connectivity index (χ0v) is 12.5. The lowest BCUT2D eigenvalue weighted by Gasteiger charge is -2.28. The third-order valence-corrected chi connectivity index (χ3v) is 3.24. The number of allylic oxidation sites excluding steroid dienone is 2. The highest BCUT2D eigenvalue weighted by Gasteiger charge is 2.27. The molecule has 0 saturated heterocycles. The summed E-state index contributed by atoms with van der Waals surface area (Å²) in [5.41, 5.74) is 1.53. The Morgan fingerprint density at radius 1 is 1.26 bits per heavy atom. The van der Waals surface area contributed by atoms with E-state index in [1.807, 2.05) is 37.3 Å². The maximum Gasteiger partial charge on any atom is 0.191 e. The molecule has 1 heteroatoms. The van der Waals surface area contributed by atoms with E-state index in [1.54, 1.807) is 0 Å². The van der Waals surface area contributed by atoms with E-state index in [9.17, 15) is 0 Å². The molecular weight excluding hydrogens is 232 g/mol. The highest BCUT2D eigenvalue weighted by molar-refractivity contribution is 5.30. The van der Waals surface area contributed by atoms with Crippen molar-refractivity contribution in [2.75, 3.05) is 0 Å². The second-order valence-corrected chi connectivity index (χ2v) is 5.17. The van der Waals surface area contributed by atoms with Crippen LogP contribution in [-0.4, -0.2) is 0 Å². The van der Waals surface area contributed by atoms with E-state index in [4.69, 9.17) is 11.2 Å². The van der Waals surface area contributed by atoms with Gasteiger partial charge in [0.15, 0.2) is 5.60 Å². The van der Waals surface area contributed by atoms with E-state index in [1.165, 1.54) is 5.57 Å². The number of unbranched alkanes of at least 4 members (excludes halogenated alkanes) is 1. The first-order valence-electron chi connectivity index (χ1n) is 6.92. The van der Waals surface area contributed by atoms with Crippen LogP contribution in [-0.2, 0) is 10.3 Å². The lowest BCUT2D eigenvalue weighted by atomic mass is 9.96. The second kappa shape index (κ2) is 7.04. The van der Waals surface area contributed by atoms with Crippen molar-refractivity contribution in [1.82, 2.24) is 0 Å². The molecule has 1 rings (SSSR count). The number of ether oxygens (including phenoxy) is 1. The van der Waals surface area contributed by atoms with Crippen molar-refractivity contribution < 1.29 is 4.74 Å². The van der Waals surface area contributed by atoms with Crippen molar-refractivity contribution in [3.05, 3.63) is 47.2 Å². The van der Waals surface area contributed by atoms with Crippen molar-refractivity contribution in [1.29, 1.82) is 0 Å². The summed E-state index contributed by atoms with van der Waals surface area (Å²) in [6.45, 7) is 8.29. The Morgan fingerprint density at radius 3 is 2.37 bits per heavy atom. The van der Waals surface area contributed by atoms with Crippen molar-refractivity contribution in [2.24, 2.45) is 0 Å². The fraction of sp³-hybridized carbons (Fsp3) is 0.444. The smallest absolute Gasteiger partial charge is 0.191 e. The largest absolute Gasteiger partial charge is 0.475 e. The van der Waals surface area contributed by atoms with Gasteiger partial charge in [0, 0.05) is 12.0 Å². The molecule has 0 saturated carbocycles. The molecule has 1 nitrogen and oxygen atoms in total. The molecule has 0 N–H and O–H groups in total. The molecule has 1 atom stereocenters. The summed E-state index contributed by atoms with van der Waals surface area (Å²) >= 11 is 0. The lowest BCUT2D eigenvalue weighted by Crippen LogP contribution is -2.24. The van der Waals surface area contributed by atoms with Crippen LogP contribution in [0.1, 0.15) is 52.5 Å². The maximum atomic E-state index is 6.18. The number of hydrogen-bond donors (Lipinski definition) is 0. The van der Waals surface area contributed by atoms with Crippen LogP contribution in [0.3, 0.4) is 0 Å². The summed E-state index contributed by atoms with van der Waals surface area (Å²) in [5, 5.41) is 0. The van der Waals surface area contributed by atoms with Crippen LogP contribution in [0.15, 0.2) is 41.7 Å². The average molecular weight is 256 g/mol. The fourth-order valence-electron chi connectivity index (χ4n) is 1.91. The molecule has 0 aliphatic carbocycles. The predicted octanol–water partition coefficient (Wildman–Crippen LogP) is 5.04. The van der Waals surface area contributed by atoms with Crippen LogP contribution in [0, 0.1) is 12.3 Å². The van der Waals surface area contributed by atoms with E-state index in [-0.39, 0.29) is 0 Å². The van der Waals surface area contributed by atoms with Gasteiger partial charge in [0.2, 0.25) is 0 Å². The summed E-state index contributed by atoms with van der Waals surface area (Å²) in [4.78, 5) is 0. The fourth-order valence-corrected chi connectivity index (χ4v) is 1.91. The van der Waals surface area contributed by atoms with Gasteiger partial charge in [-0.1, -0.05) is 49.6 Å². The first-order chi connectivity index (χ1) is 9.03. The Hall–Kier alpha value is -1.68. The molecule has 0 spiro atoms. The minimum absolute atomic E-state index is 0.693. The molecular formula is C18H24O. The summed E-state index contributed by atoms with van der Waals surface area (Å²) < 4.78 is 6.18. The summed E-state index contributed by atoms with van der Waals surface area (Å²) in [7, 11) is 0. The van der Waals surface area contributed by atoms with Crippen LogP contribution in [0.4, 0.5) is 0 Å². The van der Waals surface area contributed by atoms with Gasteiger partial charge in [-0.2, -0.15) is 0 Å². The molecule has 102 valence electrons. The van der Waals surface area contributed by atoms with Crippen LogP contribution in [0.5, 0.6) is 0 Å². The molecule has 1 unspecified atom stereocenters. The number of rotatable bonds is 6. The van der Waals surface area contributed by atoms with Gasteiger partial charge in [-0.25, -0.2) is 0 Å². The van der Waals surface area contributed by atoms with E-state index >= 15 is 0 Å². The van der Waals surface area contributed by atoms with Gasteiger partial charge < -0.3 is 4.74 Å². The SMILES string of the molecule is C#CC(C)(OC(CCCC)=C(C)C)c1ccccc1. The third kappa shape index (κ3) is 4.17. The first kappa shape index (κ1) is 15.4. The predicted molar refractivity (Wildman–Crippen MR) is 81.6 cm³/mol. The molecule has 19 heavy (non-hydrogen) atoms. The number of benzene rings is 1. The minimum Gasteiger partial charge on any atom is -0.475 e. The molecule has 0 aliphatic heterocycles. The molecule has 1 aromatic rings. The average Bonchev–Trinajstić information content (AvgIpc) is 2.43. The van der Waals surface area contributed by atoms with Crippen LogP contribution >= 0.6 is 0 Å². The van der Waals surface area contributed by atoms with Crippen LogP contribution in [0.2, 0.25) is 0 Å². The standard InChI is InChI=1S/C18H24O/c1-6-8-14-17(15(3)4)19-18(5,7-2)16-12-10-9-11-13-16/h2,9-13H,6,8,14H2,1,3-5H3. The normalized spacial score (nSPS) is 13.2. The van der Waals surface area contributed by atoms with Gasteiger partial charge >= 0.3 is 0 Å². The Bertz CT molecular complexity index is 460. The molecule has 1 aromatic carbocycles. The lowest BCUT2D eigenvalue weighted by molar-refractivity contribution is 0.0596. The topological polar surface area (TPSA) is 9.23 Å². The van der Waals surface area contributed by atoms with Crippen LogP contribution in [0.25, 0.3) is 0 Å². The Labute approximate surface area is 117 Å². The van der Waals surface area contributed by atoms with E-state index in [0.717, 1.165) is 30.6 Å². The highest BCUT2D eigenvalue weighted by Crippen LogP contribution is 2.30. The molecule has 0 amide bonds.